The first kappa shape index (κ1) is 10.3. The lowest BCUT2D eigenvalue weighted by Gasteiger charge is -1.97. The smallest absolute Gasteiger partial charge is 0.348 e. The number of benzene rings is 2. The Labute approximate surface area is 105 Å². The van der Waals surface area contributed by atoms with Gasteiger partial charge in [-0.25, -0.2) is 9.18 Å². The number of fused-ring (bicyclic) bond motifs is 5. The number of furan rings is 1. The van der Waals surface area contributed by atoms with Gasteiger partial charge in [0.1, 0.15) is 22.4 Å². The summed E-state index contributed by atoms with van der Waals surface area (Å²) in [6, 6.07) is 11.3. The van der Waals surface area contributed by atoms with E-state index in [1.165, 1.54) is 12.1 Å². The third-order valence-electron chi connectivity index (χ3n) is 3.19. The summed E-state index contributed by atoms with van der Waals surface area (Å²) >= 11 is 0. The Morgan fingerprint density at radius 2 is 1.74 bits per heavy atom. The van der Waals surface area contributed by atoms with Crippen molar-refractivity contribution in [3.63, 3.8) is 0 Å². The molecule has 0 saturated heterocycles. The van der Waals surface area contributed by atoms with Gasteiger partial charge in [0.15, 0.2) is 5.58 Å². The summed E-state index contributed by atoms with van der Waals surface area (Å²) in [7, 11) is 0. The van der Waals surface area contributed by atoms with Crippen LogP contribution in [0.25, 0.3) is 32.9 Å². The van der Waals surface area contributed by atoms with E-state index in [4.69, 9.17) is 8.83 Å². The maximum Gasteiger partial charge on any atom is 0.348 e. The zero-order valence-electron chi connectivity index (χ0n) is 9.64. The number of halogens is 1. The van der Waals surface area contributed by atoms with Gasteiger partial charge in [0.25, 0.3) is 0 Å². The Balaban J connectivity index is 2.36. The Hall–Kier alpha value is -2.62. The molecule has 4 heteroatoms. The lowest BCUT2D eigenvalue weighted by atomic mass is 10.1. The van der Waals surface area contributed by atoms with Gasteiger partial charge in [0, 0.05) is 11.5 Å². The molecule has 92 valence electrons. The minimum atomic E-state index is -0.516. The molecule has 0 aliphatic rings. The average molecular weight is 254 g/mol. The fourth-order valence-corrected chi connectivity index (χ4v) is 2.36. The van der Waals surface area contributed by atoms with Gasteiger partial charge in [0.2, 0.25) is 0 Å². The minimum absolute atomic E-state index is 0.191. The molecule has 0 atom stereocenters. The Kier molecular flexibility index (Phi) is 1.87. The second-order valence-corrected chi connectivity index (χ2v) is 4.33. The fraction of sp³-hybridized carbons (Fsp3) is 0. The molecule has 0 fully saturated rings. The molecule has 19 heavy (non-hydrogen) atoms. The number of hydrogen-bond acceptors (Lipinski definition) is 3. The van der Waals surface area contributed by atoms with E-state index in [-0.39, 0.29) is 5.58 Å². The van der Waals surface area contributed by atoms with Crippen LogP contribution in [0.5, 0.6) is 0 Å². The second kappa shape index (κ2) is 3.45. The van der Waals surface area contributed by atoms with Crippen LogP contribution in [0, 0.1) is 5.82 Å². The molecule has 0 radical (unpaired) electrons. The third kappa shape index (κ3) is 1.34. The molecular formula is C15H7FO3. The van der Waals surface area contributed by atoms with Crippen molar-refractivity contribution in [2.45, 2.75) is 0 Å². The SMILES string of the molecule is O=c1oc2cc(F)ccc2c2oc3ccccc3c12. The number of hydrogen-bond donors (Lipinski definition) is 0. The molecule has 2 aromatic heterocycles. The van der Waals surface area contributed by atoms with E-state index in [9.17, 15) is 9.18 Å². The first-order valence-corrected chi connectivity index (χ1v) is 5.77. The zero-order valence-corrected chi connectivity index (χ0v) is 9.64. The molecule has 4 rings (SSSR count). The van der Waals surface area contributed by atoms with E-state index < -0.39 is 11.4 Å². The summed E-state index contributed by atoms with van der Waals surface area (Å²) in [6.45, 7) is 0. The molecule has 0 aliphatic carbocycles. The van der Waals surface area contributed by atoms with Gasteiger partial charge in [-0.15, -0.1) is 0 Å². The first-order chi connectivity index (χ1) is 9.24. The second-order valence-electron chi connectivity index (χ2n) is 4.33. The van der Waals surface area contributed by atoms with Gasteiger partial charge in [0.05, 0.1) is 5.39 Å². The van der Waals surface area contributed by atoms with E-state index in [0.29, 0.717) is 27.3 Å². The van der Waals surface area contributed by atoms with Gasteiger partial charge in [-0.2, -0.15) is 0 Å². The molecular weight excluding hydrogens is 247 g/mol. The Morgan fingerprint density at radius 1 is 0.895 bits per heavy atom. The van der Waals surface area contributed by atoms with E-state index in [1.807, 2.05) is 12.1 Å². The quantitative estimate of drug-likeness (QED) is 0.448. The van der Waals surface area contributed by atoms with Crippen molar-refractivity contribution in [2.24, 2.45) is 0 Å². The topological polar surface area (TPSA) is 43.4 Å². The predicted molar refractivity (Wildman–Crippen MR) is 69.7 cm³/mol. The van der Waals surface area contributed by atoms with Crippen molar-refractivity contribution in [1.82, 2.24) is 0 Å². The van der Waals surface area contributed by atoms with E-state index in [0.717, 1.165) is 0 Å². The van der Waals surface area contributed by atoms with Crippen molar-refractivity contribution in [3.05, 3.63) is 58.7 Å². The van der Waals surface area contributed by atoms with Crippen molar-refractivity contribution in [1.29, 1.82) is 0 Å². The van der Waals surface area contributed by atoms with Crippen LogP contribution in [-0.2, 0) is 0 Å². The lowest BCUT2D eigenvalue weighted by Crippen LogP contribution is -1.98. The highest BCUT2D eigenvalue weighted by Gasteiger charge is 2.15. The summed E-state index contributed by atoms with van der Waals surface area (Å²) < 4.78 is 24.1. The molecule has 0 amide bonds. The summed E-state index contributed by atoms with van der Waals surface area (Å²) in [5.41, 5.74) is 0.726. The number of rotatable bonds is 0. The number of para-hydroxylation sites is 1. The normalized spacial score (nSPS) is 11.6. The molecule has 0 bridgehead atoms. The van der Waals surface area contributed by atoms with Crippen LogP contribution in [0.2, 0.25) is 0 Å². The molecule has 2 heterocycles. The first-order valence-electron chi connectivity index (χ1n) is 5.77. The van der Waals surface area contributed by atoms with Crippen LogP contribution in [0.3, 0.4) is 0 Å². The molecule has 3 nitrogen and oxygen atoms in total. The Morgan fingerprint density at radius 3 is 2.63 bits per heavy atom. The van der Waals surface area contributed by atoms with Gasteiger partial charge in [-0.05, 0) is 18.2 Å². The molecule has 0 spiro atoms. The van der Waals surface area contributed by atoms with Crippen molar-refractivity contribution in [3.8, 4) is 0 Å². The van der Waals surface area contributed by atoms with Crippen molar-refractivity contribution in [2.75, 3.05) is 0 Å². The van der Waals surface area contributed by atoms with Gasteiger partial charge < -0.3 is 8.83 Å². The molecule has 2 aromatic carbocycles. The van der Waals surface area contributed by atoms with E-state index >= 15 is 0 Å². The minimum Gasteiger partial charge on any atom is -0.455 e. The maximum atomic E-state index is 13.2. The van der Waals surface area contributed by atoms with Crippen LogP contribution < -0.4 is 5.63 Å². The average Bonchev–Trinajstić information content (AvgIpc) is 2.78. The van der Waals surface area contributed by atoms with Crippen LogP contribution in [0.1, 0.15) is 0 Å². The summed E-state index contributed by atoms with van der Waals surface area (Å²) in [4.78, 5) is 12.0. The van der Waals surface area contributed by atoms with Crippen LogP contribution in [0.15, 0.2) is 56.1 Å². The standard InChI is InChI=1S/C15H7FO3/c16-8-5-6-10-12(7-8)19-15(17)13-9-3-1-2-4-11(9)18-14(10)13/h1-7H. The largest absolute Gasteiger partial charge is 0.455 e. The summed E-state index contributed by atoms with van der Waals surface area (Å²) in [5.74, 6) is -0.453. The zero-order chi connectivity index (χ0) is 13.0. The Bertz CT molecular complexity index is 995. The predicted octanol–water partition coefficient (Wildman–Crippen LogP) is 3.83. The molecule has 0 aliphatic heterocycles. The maximum absolute atomic E-state index is 13.2. The van der Waals surface area contributed by atoms with E-state index in [1.54, 1.807) is 18.2 Å². The van der Waals surface area contributed by atoms with Crippen molar-refractivity contribution < 1.29 is 13.2 Å². The third-order valence-corrected chi connectivity index (χ3v) is 3.19. The van der Waals surface area contributed by atoms with Crippen LogP contribution in [-0.4, -0.2) is 0 Å². The lowest BCUT2D eigenvalue weighted by molar-refractivity contribution is 0.559. The van der Waals surface area contributed by atoms with Gasteiger partial charge >= 0.3 is 5.63 Å². The molecule has 4 aromatic rings. The monoisotopic (exact) mass is 254 g/mol. The highest BCUT2D eigenvalue weighted by molar-refractivity contribution is 6.12. The van der Waals surface area contributed by atoms with Crippen LogP contribution in [0.4, 0.5) is 4.39 Å². The fourth-order valence-electron chi connectivity index (χ4n) is 2.36. The van der Waals surface area contributed by atoms with Crippen molar-refractivity contribution >= 4 is 32.9 Å². The highest BCUT2D eigenvalue weighted by Crippen LogP contribution is 2.31. The summed E-state index contributed by atoms with van der Waals surface area (Å²) in [6.07, 6.45) is 0. The molecule has 0 saturated carbocycles. The molecule has 0 unspecified atom stereocenters. The van der Waals surface area contributed by atoms with Gasteiger partial charge in [-0.3, -0.25) is 0 Å². The highest BCUT2D eigenvalue weighted by atomic mass is 19.1. The van der Waals surface area contributed by atoms with Gasteiger partial charge in [-0.1, -0.05) is 18.2 Å². The molecule has 0 N–H and O–H groups in total. The van der Waals surface area contributed by atoms with E-state index in [2.05, 4.69) is 0 Å². The summed E-state index contributed by atoms with van der Waals surface area (Å²) in [5, 5.41) is 1.69. The van der Waals surface area contributed by atoms with Crippen LogP contribution >= 0.6 is 0 Å².